The highest BCUT2D eigenvalue weighted by Crippen LogP contribution is 2.37. The second kappa shape index (κ2) is 3.51. The number of hydrogen-bond acceptors (Lipinski definition) is 3. The van der Waals surface area contributed by atoms with E-state index in [1.807, 2.05) is 0 Å². The molecule has 2 aliphatic rings. The Kier molecular flexibility index (Phi) is 2.13. The molecule has 1 saturated carbocycles. The maximum atomic E-state index is 5.96. The topological polar surface area (TPSA) is 41.6 Å². The summed E-state index contributed by atoms with van der Waals surface area (Å²) < 4.78 is 0. The van der Waals surface area contributed by atoms with Crippen LogP contribution in [0.1, 0.15) is 30.0 Å². The van der Waals surface area contributed by atoms with Crippen molar-refractivity contribution in [2.24, 2.45) is 10.7 Å². The van der Waals surface area contributed by atoms with E-state index < -0.39 is 0 Å². The van der Waals surface area contributed by atoms with Crippen LogP contribution in [0.3, 0.4) is 0 Å². The normalized spacial score (nSPS) is 24.7. The van der Waals surface area contributed by atoms with Crippen LogP contribution in [-0.4, -0.2) is 23.4 Å². The maximum Gasteiger partial charge on any atom is 0.192 e. The molecule has 1 fully saturated rings. The molecule has 84 valence electrons. The first-order valence-corrected chi connectivity index (χ1v) is 5.90. The average molecular weight is 215 g/mol. The van der Waals surface area contributed by atoms with Crippen molar-refractivity contribution >= 4 is 5.96 Å². The molecule has 1 heterocycles. The van der Waals surface area contributed by atoms with Gasteiger partial charge in [0.2, 0.25) is 0 Å². The molecule has 3 heteroatoms. The van der Waals surface area contributed by atoms with E-state index >= 15 is 0 Å². The van der Waals surface area contributed by atoms with Crippen molar-refractivity contribution in [1.29, 1.82) is 0 Å². The lowest BCUT2D eigenvalue weighted by Gasteiger charge is -2.26. The summed E-state index contributed by atoms with van der Waals surface area (Å²) >= 11 is 0. The summed E-state index contributed by atoms with van der Waals surface area (Å²) in [5.74, 6) is 0.731. The Labute approximate surface area is 96.0 Å². The smallest absolute Gasteiger partial charge is 0.192 e. The van der Waals surface area contributed by atoms with Crippen LogP contribution in [0.2, 0.25) is 0 Å². The Morgan fingerprint density at radius 3 is 2.88 bits per heavy atom. The van der Waals surface area contributed by atoms with Gasteiger partial charge in [-0.3, -0.25) is 4.99 Å². The minimum absolute atomic E-state index is 0.368. The van der Waals surface area contributed by atoms with Gasteiger partial charge in [0.15, 0.2) is 5.96 Å². The number of hydrogen-bond donors (Lipinski definition) is 1. The third-order valence-corrected chi connectivity index (χ3v) is 3.39. The van der Waals surface area contributed by atoms with Crippen molar-refractivity contribution in [2.45, 2.75) is 31.8 Å². The lowest BCUT2D eigenvalue weighted by molar-refractivity contribution is 0.338. The van der Waals surface area contributed by atoms with Crippen molar-refractivity contribution in [3.8, 4) is 0 Å². The predicted octanol–water partition coefficient (Wildman–Crippen LogP) is 1.83. The first-order valence-electron chi connectivity index (χ1n) is 5.90. The average Bonchev–Trinajstić information content (AvgIpc) is 3.02. The number of rotatable bonds is 2. The monoisotopic (exact) mass is 215 g/mol. The molecule has 1 aliphatic heterocycles. The van der Waals surface area contributed by atoms with Crippen LogP contribution in [0.25, 0.3) is 0 Å². The molecule has 0 bridgehead atoms. The summed E-state index contributed by atoms with van der Waals surface area (Å²) in [6.07, 6.45) is 2.52. The minimum Gasteiger partial charge on any atom is -0.370 e. The van der Waals surface area contributed by atoms with Crippen molar-refractivity contribution in [2.75, 3.05) is 6.54 Å². The van der Waals surface area contributed by atoms with Gasteiger partial charge in [0, 0.05) is 6.04 Å². The van der Waals surface area contributed by atoms with Crippen LogP contribution in [0.15, 0.2) is 29.3 Å². The number of aryl methyl sites for hydroxylation is 1. The Balaban J connectivity index is 1.90. The summed E-state index contributed by atoms with van der Waals surface area (Å²) in [5.41, 5.74) is 8.61. The van der Waals surface area contributed by atoms with E-state index in [1.165, 1.54) is 24.0 Å². The van der Waals surface area contributed by atoms with Gasteiger partial charge in [0.1, 0.15) is 0 Å². The lowest BCUT2D eigenvalue weighted by atomic mass is 10.0. The molecule has 0 saturated heterocycles. The van der Waals surface area contributed by atoms with E-state index in [9.17, 15) is 0 Å². The number of nitrogens with zero attached hydrogens (tertiary/aromatic N) is 2. The molecule has 1 atom stereocenters. The molecule has 0 spiro atoms. The fourth-order valence-corrected chi connectivity index (χ4v) is 2.45. The van der Waals surface area contributed by atoms with E-state index in [2.05, 4.69) is 41.1 Å². The highest BCUT2D eigenvalue weighted by molar-refractivity contribution is 5.81. The van der Waals surface area contributed by atoms with E-state index in [1.54, 1.807) is 0 Å². The van der Waals surface area contributed by atoms with E-state index in [4.69, 9.17) is 5.73 Å². The molecular weight excluding hydrogens is 198 g/mol. The molecule has 2 N–H and O–H groups in total. The van der Waals surface area contributed by atoms with Gasteiger partial charge in [-0.15, -0.1) is 0 Å². The number of nitrogens with two attached hydrogens (primary N) is 1. The largest absolute Gasteiger partial charge is 0.370 e. The molecule has 1 aromatic carbocycles. The molecule has 0 radical (unpaired) electrons. The van der Waals surface area contributed by atoms with Gasteiger partial charge < -0.3 is 10.6 Å². The Bertz CT molecular complexity index is 435. The SMILES string of the molecule is Cc1cccc(C2CN=C(N)N2C2CC2)c1. The van der Waals surface area contributed by atoms with Crippen LogP contribution < -0.4 is 5.73 Å². The summed E-state index contributed by atoms with van der Waals surface area (Å²) in [4.78, 5) is 6.69. The van der Waals surface area contributed by atoms with Gasteiger partial charge in [-0.05, 0) is 25.3 Å². The van der Waals surface area contributed by atoms with Crippen LogP contribution in [0, 0.1) is 6.92 Å². The standard InChI is InChI=1S/C13H17N3/c1-9-3-2-4-10(7-9)12-8-15-13(14)16(12)11-5-6-11/h2-4,7,11-12H,5-6,8H2,1H3,(H2,14,15). The maximum absolute atomic E-state index is 5.96. The second-order valence-corrected chi connectivity index (χ2v) is 4.77. The molecular formula is C13H17N3. The Hall–Kier alpha value is -1.51. The van der Waals surface area contributed by atoms with Crippen molar-refractivity contribution in [1.82, 2.24) is 4.90 Å². The van der Waals surface area contributed by atoms with Crippen molar-refractivity contribution in [3.63, 3.8) is 0 Å². The van der Waals surface area contributed by atoms with Crippen LogP contribution >= 0.6 is 0 Å². The molecule has 3 nitrogen and oxygen atoms in total. The van der Waals surface area contributed by atoms with Crippen LogP contribution in [0.5, 0.6) is 0 Å². The molecule has 0 aromatic heterocycles. The summed E-state index contributed by atoms with van der Waals surface area (Å²) in [5, 5.41) is 0. The van der Waals surface area contributed by atoms with Gasteiger partial charge in [-0.25, -0.2) is 0 Å². The Morgan fingerprint density at radius 2 is 2.19 bits per heavy atom. The second-order valence-electron chi connectivity index (χ2n) is 4.77. The number of aliphatic imine (C=N–C) groups is 1. The Morgan fingerprint density at radius 1 is 1.38 bits per heavy atom. The van der Waals surface area contributed by atoms with Crippen LogP contribution in [0.4, 0.5) is 0 Å². The first kappa shape index (κ1) is 9.70. The third kappa shape index (κ3) is 1.56. The van der Waals surface area contributed by atoms with E-state index in [-0.39, 0.29) is 0 Å². The molecule has 1 unspecified atom stereocenters. The molecule has 1 aliphatic carbocycles. The molecule has 3 rings (SSSR count). The fraction of sp³-hybridized carbons (Fsp3) is 0.462. The quantitative estimate of drug-likeness (QED) is 0.817. The zero-order valence-electron chi connectivity index (χ0n) is 9.56. The van der Waals surface area contributed by atoms with Crippen molar-refractivity contribution in [3.05, 3.63) is 35.4 Å². The number of guanidine groups is 1. The molecule has 0 amide bonds. The van der Waals surface area contributed by atoms with Gasteiger partial charge in [-0.2, -0.15) is 0 Å². The van der Waals surface area contributed by atoms with E-state index in [0.717, 1.165) is 12.5 Å². The highest BCUT2D eigenvalue weighted by atomic mass is 15.4. The van der Waals surface area contributed by atoms with Crippen LogP contribution in [-0.2, 0) is 0 Å². The minimum atomic E-state index is 0.368. The predicted molar refractivity (Wildman–Crippen MR) is 65.3 cm³/mol. The third-order valence-electron chi connectivity index (χ3n) is 3.39. The molecule has 16 heavy (non-hydrogen) atoms. The summed E-state index contributed by atoms with van der Waals surface area (Å²) in [7, 11) is 0. The number of benzene rings is 1. The lowest BCUT2D eigenvalue weighted by Crippen LogP contribution is -2.37. The van der Waals surface area contributed by atoms with Gasteiger partial charge in [-0.1, -0.05) is 29.8 Å². The first-order chi connectivity index (χ1) is 7.75. The fourth-order valence-electron chi connectivity index (χ4n) is 2.45. The van der Waals surface area contributed by atoms with Gasteiger partial charge >= 0.3 is 0 Å². The summed E-state index contributed by atoms with van der Waals surface area (Å²) in [6, 6.07) is 9.67. The summed E-state index contributed by atoms with van der Waals surface area (Å²) in [6.45, 7) is 2.94. The van der Waals surface area contributed by atoms with Gasteiger partial charge in [0.25, 0.3) is 0 Å². The molecule has 1 aromatic rings. The van der Waals surface area contributed by atoms with Crippen molar-refractivity contribution < 1.29 is 0 Å². The van der Waals surface area contributed by atoms with E-state index in [0.29, 0.717) is 12.1 Å². The zero-order valence-corrected chi connectivity index (χ0v) is 9.56. The highest BCUT2D eigenvalue weighted by Gasteiger charge is 2.38. The zero-order chi connectivity index (χ0) is 11.1. The van der Waals surface area contributed by atoms with Gasteiger partial charge in [0.05, 0.1) is 12.6 Å².